The summed E-state index contributed by atoms with van der Waals surface area (Å²) in [6.45, 7) is 4.00. The molecule has 1 unspecified atom stereocenters. The lowest BCUT2D eigenvalue weighted by atomic mass is 10.0. The van der Waals surface area contributed by atoms with E-state index in [1.165, 1.54) is 6.07 Å². The third-order valence-electron chi connectivity index (χ3n) is 3.16. The van der Waals surface area contributed by atoms with Crippen molar-refractivity contribution in [3.63, 3.8) is 0 Å². The van der Waals surface area contributed by atoms with Crippen molar-refractivity contribution in [1.29, 1.82) is 0 Å². The Morgan fingerprint density at radius 1 is 1.45 bits per heavy atom. The van der Waals surface area contributed by atoms with Crippen molar-refractivity contribution in [1.82, 2.24) is 5.32 Å². The van der Waals surface area contributed by atoms with Crippen LogP contribution in [0.25, 0.3) is 0 Å². The molecule has 2 rings (SSSR count). The second-order valence-electron chi connectivity index (χ2n) is 5.03. The molecule has 0 aromatic heterocycles. The van der Waals surface area contributed by atoms with E-state index in [2.05, 4.69) is 32.9 Å². The Labute approximate surface area is 123 Å². The van der Waals surface area contributed by atoms with E-state index in [4.69, 9.17) is 4.74 Å². The van der Waals surface area contributed by atoms with Gasteiger partial charge < -0.3 is 14.8 Å². The first-order valence-corrected chi connectivity index (χ1v) is 6.94. The van der Waals surface area contributed by atoms with Crippen LogP contribution in [0.4, 0.5) is 13.2 Å². The van der Waals surface area contributed by atoms with Crippen LogP contribution in [0.3, 0.4) is 0 Å². The summed E-state index contributed by atoms with van der Waals surface area (Å²) in [5.74, 6) is -0.239. The van der Waals surface area contributed by atoms with Crippen LogP contribution in [-0.2, 0) is 11.3 Å². The van der Waals surface area contributed by atoms with Gasteiger partial charge in [0.2, 0.25) is 0 Å². The number of benzene rings is 1. The van der Waals surface area contributed by atoms with Gasteiger partial charge in [0.05, 0.1) is 11.1 Å². The van der Waals surface area contributed by atoms with E-state index >= 15 is 0 Å². The van der Waals surface area contributed by atoms with Gasteiger partial charge in [-0.2, -0.15) is 0 Å². The zero-order valence-corrected chi connectivity index (χ0v) is 12.5. The first kappa shape index (κ1) is 15.6. The van der Waals surface area contributed by atoms with E-state index < -0.39 is 6.36 Å². The molecule has 3 nitrogen and oxygen atoms in total. The number of hydrogen-bond donors (Lipinski definition) is 1. The molecule has 0 bridgehead atoms. The molecule has 1 N–H and O–H groups in total. The zero-order valence-electron chi connectivity index (χ0n) is 10.9. The van der Waals surface area contributed by atoms with Crippen molar-refractivity contribution in [3.8, 4) is 5.75 Å². The predicted molar refractivity (Wildman–Crippen MR) is 71.5 cm³/mol. The molecule has 0 saturated carbocycles. The number of nitrogens with one attached hydrogen (secondary N) is 1. The van der Waals surface area contributed by atoms with Crippen molar-refractivity contribution in [3.05, 3.63) is 28.2 Å². The largest absolute Gasteiger partial charge is 0.573 e. The lowest BCUT2D eigenvalue weighted by Gasteiger charge is -2.23. The van der Waals surface area contributed by atoms with Crippen LogP contribution in [0.15, 0.2) is 22.7 Å². The summed E-state index contributed by atoms with van der Waals surface area (Å²) in [4.78, 5) is 0. The fraction of sp³-hybridized carbons (Fsp3) is 0.538. The van der Waals surface area contributed by atoms with Crippen LogP contribution in [0.1, 0.15) is 18.9 Å². The SMILES string of the molecule is CC1(NCc2ccc(OC(F)(F)F)c(Br)c2)CCOC1. The highest BCUT2D eigenvalue weighted by molar-refractivity contribution is 9.10. The van der Waals surface area contributed by atoms with E-state index in [1.807, 2.05) is 0 Å². The maximum Gasteiger partial charge on any atom is 0.573 e. The highest BCUT2D eigenvalue weighted by Gasteiger charge is 2.32. The molecule has 0 aliphatic carbocycles. The lowest BCUT2D eigenvalue weighted by Crippen LogP contribution is -2.42. The summed E-state index contributed by atoms with van der Waals surface area (Å²) >= 11 is 3.09. The van der Waals surface area contributed by atoms with Crippen LogP contribution < -0.4 is 10.1 Å². The third-order valence-corrected chi connectivity index (χ3v) is 3.78. The van der Waals surface area contributed by atoms with Crippen LogP contribution >= 0.6 is 15.9 Å². The average molecular weight is 354 g/mol. The van der Waals surface area contributed by atoms with Gasteiger partial charge in [0.15, 0.2) is 0 Å². The second kappa shape index (κ2) is 5.91. The minimum atomic E-state index is -4.68. The molecule has 7 heteroatoms. The Bertz CT molecular complexity index is 473. The number of ether oxygens (including phenoxy) is 2. The normalized spacial score (nSPS) is 23.1. The predicted octanol–water partition coefficient (Wildman–Crippen LogP) is 3.62. The van der Waals surface area contributed by atoms with Crippen LogP contribution in [-0.4, -0.2) is 25.1 Å². The molecule has 20 heavy (non-hydrogen) atoms. The maximum atomic E-state index is 12.2. The summed E-state index contributed by atoms with van der Waals surface area (Å²) in [6, 6.07) is 4.54. The van der Waals surface area contributed by atoms with Crippen molar-refractivity contribution >= 4 is 15.9 Å². The summed E-state index contributed by atoms with van der Waals surface area (Å²) in [5.41, 5.74) is 0.799. The summed E-state index contributed by atoms with van der Waals surface area (Å²) in [5, 5.41) is 3.36. The third kappa shape index (κ3) is 4.36. The fourth-order valence-electron chi connectivity index (χ4n) is 1.98. The molecule has 112 valence electrons. The Balaban J connectivity index is 1.98. The Morgan fingerprint density at radius 2 is 2.20 bits per heavy atom. The molecule has 1 fully saturated rings. The van der Waals surface area contributed by atoms with Gasteiger partial charge in [-0.25, -0.2) is 0 Å². The van der Waals surface area contributed by atoms with Crippen LogP contribution in [0, 0.1) is 0 Å². The number of alkyl halides is 3. The van der Waals surface area contributed by atoms with Crippen LogP contribution in [0.2, 0.25) is 0 Å². The molecule has 1 atom stereocenters. The second-order valence-corrected chi connectivity index (χ2v) is 5.88. The van der Waals surface area contributed by atoms with Crippen molar-refractivity contribution in [2.45, 2.75) is 31.8 Å². The van der Waals surface area contributed by atoms with Gasteiger partial charge in [-0.3, -0.25) is 0 Å². The smallest absolute Gasteiger partial charge is 0.405 e. The van der Waals surface area contributed by atoms with E-state index in [1.54, 1.807) is 12.1 Å². The molecule has 1 heterocycles. The summed E-state index contributed by atoms with van der Waals surface area (Å²) in [6.07, 6.45) is -3.76. The monoisotopic (exact) mass is 353 g/mol. The molecule has 1 aromatic carbocycles. The van der Waals surface area contributed by atoms with Gasteiger partial charge >= 0.3 is 6.36 Å². The topological polar surface area (TPSA) is 30.5 Å². The van der Waals surface area contributed by atoms with Crippen molar-refractivity contribution < 1.29 is 22.6 Å². The molecule has 1 aliphatic rings. The lowest BCUT2D eigenvalue weighted by molar-refractivity contribution is -0.274. The summed E-state index contributed by atoms with van der Waals surface area (Å²) < 4.78 is 46.0. The minimum absolute atomic E-state index is 0.0758. The molecule has 0 amide bonds. The maximum absolute atomic E-state index is 12.2. The minimum Gasteiger partial charge on any atom is -0.405 e. The Morgan fingerprint density at radius 3 is 2.75 bits per heavy atom. The van der Waals surface area contributed by atoms with Gasteiger partial charge in [-0.15, -0.1) is 13.2 Å². The molecular weight excluding hydrogens is 339 g/mol. The number of halogens is 4. The first-order chi connectivity index (χ1) is 9.27. The molecule has 1 saturated heterocycles. The summed E-state index contributed by atoms with van der Waals surface area (Å²) in [7, 11) is 0. The van der Waals surface area contributed by atoms with Gasteiger partial charge in [0.1, 0.15) is 5.75 Å². The fourth-order valence-corrected chi connectivity index (χ4v) is 2.49. The zero-order chi connectivity index (χ0) is 14.8. The first-order valence-electron chi connectivity index (χ1n) is 6.14. The number of rotatable bonds is 4. The Kier molecular flexibility index (Phi) is 4.61. The highest BCUT2D eigenvalue weighted by Crippen LogP contribution is 2.31. The molecular formula is C13H15BrF3NO2. The van der Waals surface area contributed by atoms with E-state index in [9.17, 15) is 13.2 Å². The van der Waals surface area contributed by atoms with Gasteiger partial charge in [-0.1, -0.05) is 6.07 Å². The van der Waals surface area contributed by atoms with E-state index in [0.717, 1.165) is 18.6 Å². The van der Waals surface area contributed by atoms with E-state index in [0.29, 0.717) is 13.2 Å². The Hall–Kier alpha value is -0.790. The van der Waals surface area contributed by atoms with Crippen LogP contribution in [0.5, 0.6) is 5.75 Å². The van der Waals surface area contributed by atoms with Gasteiger partial charge in [0.25, 0.3) is 0 Å². The highest BCUT2D eigenvalue weighted by atomic mass is 79.9. The molecule has 1 aromatic rings. The van der Waals surface area contributed by atoms with Gasteiger partial charge in [-0.05, 0) is 47.0 Å². The number of hydrogen-bond acceptors (Lipinski definition) is 3. The van der Waals surface area contributed by atoms with E-state index in [-0.39, 0.29) is 15.8 Å². The van der Waals surface area contributed by atoms with Gasteiger partial charge in [0, 0.05) is 18.7 Å². The molecule has 0 radical (unpaired) electrons. The van der Waals surface area contributed by atoms with Crippen molar-refractivity contribution in [2.24, 2.45) is 0 Å². The molecule has 1 aliphatic heterocycles. The van der Waals surface area contributed by atoms with Crippen molar-refractivity contribution in [2.75, 3.05) is 13.2 Å². The quantitative estimate of drug-likeness (QED) is 0.896. The standard InChI is InChI=1S/C13H15BrF3NO2/c1-12(4-5-19-8-12)18-7-9-2-3-11(10(14)6-9)20-13(15,16)17/h2-3,6,18H,4-5,7-8H2,1H3. The average Bonchev–Trinajstić information content (AvgIpc) is 2.76. The molecule has 0 spiro atoms.